The number of carbonyl (C=O) groups is 4. The van der Waals surface area contributed by atoms with Crippen LogP contribution in [0.2, 0.25) is 0 Å². The zero-order valence-electron chi connectivity index (χ0n) is 65.9. The van der Waals surface area contributed by atoms with E-state index >= 15 is 0 Å². The summed E-state index contributed by atoms with van der Waals surface area (Å²) in [6.45, 7) is 34.5. The van der Waals surface area contributed by atoms with Gasteiger partial charge in [-0.25, -0.2) is 0 Å². The van der Waals surface area contributed by atoms with E-state index in [0.29, 0.717) is 70.7 Å². The Morgan fingerprint density at radius 3 is 1.24 bits per heavy atom. The van der Waals surface area contributed by atoms with Crippen LogP contribution in [0.5, 0.6) is 23.0 Å². The third-order valence-corrected chi connectivity index (χ3v) is 31.4. The van der Waals surface area contributed by atoms with Gasteiger partial charge in [-0.05, 0) is 267 Å². The maximum absolute atomic E-state index is 13.7. The van der Waals surface area contributed by atoms with Gasteiger partial charge in [0.1, 0.15) is 30.8 Å². The highest BCUT2D eigenvalue weighted by atomic mass is 16.6. The molecule has 0 aliphatic heterocycles. The van der Waals surface area contributed by atoms with E-state index in [9.17, 15) is 29.4 Å². The molecule has 0 spiro atoms. The first-order valence-electron chi connectivity index (χ1n) is 39.5. The average Bonchev–Trinajstić information content (AvgIpc) is 1.67. The number of benzene rings is 2. The van der Waals surface area contributed by atoms with Crippen LogP contribution in [0.15, 0.2) is 83.7 Å². The fraction of sp³-hybridized carbons (Fsp3) is 0.708. The molecule has 10 aliphatic carbocycles. The van der Waals surface area contributed by atoms with Crippen LogP contribution in [-0.4, -0.2) is 93.0 Å². The minimum Gasteiger partial charge on any atom is -0.508 e. The van der Waals surface area contributed by atoms with Crippen LogP contribution in [0.3, 0.4) is 0 Å². The molecule has 12 rings (SSSR count). The molecule has 19 atom stereocenters. The van der Waals surface area contributed by atoms with Gasteiger partial charge in [0.15, 0.2) is 23.0 Å². The minimum atomic E-state index is -1.20. The summed E-state index contributed by atoms with van der Waals surface area (Å²) >= 11 is 0. The summed E-state index contributed by atoms with van der Waals surface area (Å²) in [7, 11) is 6.71. The lowest BCUT2D eigenvalue weighted by molar-refractivity contribution is -0.178. The van der Waals surface area contributed by atoms with Gasteiger partial charge in [-0.3, -0.25) is 19.2 Å². The second-order valence-electron chi connectivity index (χ2n) is 38.1. The molecule has 2 aromatic rings. The van der Waals surface area contributed by atoms with Gasteiger partial charge in [-0.2, -0.15) is 0 Å². The molecular weight excluding hydrogens is 1290 g/mol. The molecule has 8 saturated carbocycles. The number of carbonyl (C=O) groups excluding carboxylic acids is 4. The van der Waals surface area contributed by atoms with Crippen molar-refractivity contribution in [2.24, 2.45) is 101 Å². The van der Waals surface area contributed by atoms with E-state index in [0.717, 1.165) is 51.4 Å². The fourth-order valence-corrected chi connectivity index (χ4v) is 26.5. The summed E-state index contributed by atoms with van der Waals surface area (Å²) < 4.78 is 47.4. The van der Waals surface area contributed by atoms with E-state index in [-0.39, 0.29) is 95.1 Å². The molecule has 566 valence electrons. The number of rotatable bonds is 17. The maximum atomic E-state index is 13.7. The number of fused-ring (bicyclic) bond motifs is 12. The first-order chi connectivity index (χ1) is 48.4. The van der Waals surface area contributed by atoms with Crippen molar-refractivity contribution in [3.05, 3.63) is 94.8 Å². The quantitative estimate of drug-likeness (QED) is 0.0381. The largest absolute Gasteiger partial charge is 0.508 e. The Hall–Kier alpha value is -5.70. The number of methoxy groups -OCH3 is 4. The Bertz CT molecular complexity index is 3700. The Morgan fingerprint density at radius 2 is 0.835 bits per heavy atom. The minimum absolute atomic E-state index is 0.0763. The van der Waals surface area contributed by atoms with Crippen molar-refractivity contribution in [3.63, 3.8) is 0 Å². The summed E-state index contributed by atoms with van der Waals surface area (Å²) in [4.78, 5) is 54.2. The van der Waals surface area contributed by atoms with Gasteiger partial charge in [0.25, 0.3) is 0 Å². The number of allylic oxidation sites excluding steroid dienone is 5. The lowest BCUT2D eigenvalue weighted by atomic mass is 9.42. The lowest BCUT2D eigenvalue weighted by Crippen LogP contribution is -2.58. The van der Waals surface area contributed by atoms with E-state index < -0.39 is 42.8 Å². The van der Waals surface area contributed by atoms with E-state index in [1.807, 2.05) is 14.2 Å². The Morgan fingerprint density at radius 1 is 0.447 bits per heavy atom. The summed E-state index contributed by atoms with van der Waals surface area (Å²) in [5.74, 6) is 2.07. The molecule has 0 saturated heterocycles. The summed E-state index contributed by atoms with van der Waals surface area (Å²) in [5, 5.41) is 21.8. The number of ether oxygens (including phenoxy) is 8. The van der Waals surface area contributed by atoms with Gasteiger partial charge >= 0.3 is 23.9 Å². The first-order valence-corrected chi connectivity index (χ1v) is 39.5. The highest BCUT2D eigenvalue weighted by Crippen LogP contribution is 2.73. The average molecular weight is 1420 g/mol. The second-order valence-corrected chi connectivity index (χ2v) is 38.1. The van der Waals surface area contributed by atoms with Gasteiger partial charge < -0.3 is 48.1 Å². The second kappa shape index (κ2) is 28.5. The van der Waals surface area contributed by atoms with Crippen LogP contribution >= 0.6 is 0 Å². The van der Waals surface area contributed by atoms with Crippen LogP contribution < -0.4 is 18.9 Å². The molecule has 10 aliphatic rings. The van der Waals surface area contributed by atoms with Crippen LogP contribution in [0, 0.1) is 101 Å². The molecule has 0 amide bonds. The van der Waals surface area contributed by atoms with Gasteiger partial charge in [0, 0.05) is 25.0 Å². The third kappa shape index (κ3) is 13.9. The molecule has 0 radical (unpaired) electrons. The van der Waals surface area contributed by atoms with Crippen molar-refractivity contribution in [1.29, 1.82) is 0 Å². The van der Waals surface area contributed by atoms with E-state index in [1.54, 1.807) is 59.7 Å². The Balaban J connectivity index is 0.593. The number of esters is 4. The smallest absolute Gasteiger partial charge is 0.322 e. The van der Waals surface area contributed by atoms with Crippen molar-refractivity contribution >= 4 is 36.0 Å². The highest BCUT2D eigenvalue weighted by Gasteiger charge is 2.66. The van der Waals surface area contributed by atoms with Gasteiger partial charge in [-0.1, -0.05) is 151 Å². The molecule has 2 N–H and O–H groups in total. The molecule has 0 heterocycles. The van der Waals surface area contributed by atoms with Gasteiger partial charge in [0.05, 0.1) is 32.5 Å². The molecule has 0 aromatic heterocycles. The zero-order chi connectivity index (χ0) is 74.4. The Kier molecular flexibility index (Phi) is 21.3. The van der Waals surface area contributed by atoms with Gasteiger partial charge in [0.2, 0.25) is 0 Å². The van der Waals surface area contributed by atoms with Gasteiger partial charge in [-0.15, -0.1) is 0 Å². The summed E-state index contributed by atoms with van der Waals surface area (Å²) in [5.41, 5.74) is 5.51. The molecular formula is C89H126O14. The standard InChI is InChI=1S/C89H126O14/c1-80(2)68-35-41-84(9)52-56-23-31-66-82(5,6)74(39-43-86(66,11)60(56)27-33-70(84)88(68,13)45-37-72(80)98-17)102-78(94)50-76(92)100-62-29-21-54(47-64(62)96-15)19-25-58(90)49-59(91)26-20-55-22-30-63(65(48-55)97-16)101-77(93)51-79(95)103-75-40-44-87(12)61-28-34-71-85(10,53-57(61)24-32-67(87)83(75,7)8)42-36-69-81(3,4)73(99-18)38-46-89(69,71)14/h19-26,29-30,47-49,58,60-61,66-75,90-91H,27-28,31-46,50-53H2,1-18H3/b25-19+,26-20+,59-49-/t58?,60?,61-,66?,67-,68-,69?,70?,71?,72-,73-,74?,75+,84-,85-,86+,87+,88-,89-/m0/s1. The van der Waals surface area contributed by atoms with E-state index in [2.05, 4.69) is 109 Å². The monoisotopic (exact) mass is 1420 g/mol. The summed E-state index contributed by atoms with van der Waals surface area (Å²) in [6.07, 6.45) is 32.6. The SMILES string of the molecule is COc1cc(/C=C/C(O)/C=C(O)/C=C/c2ccc(OC(=O)CC(=O)O[C@@H]3CC[C@]4(C)[C@H]5CCC6[C@@](C)(CCC7C(C)(C)[C@@H](OC)CC[C@@]76C)CC5=CC[C@H]4C3(C)C)c(OC)c2)ccc1OC(=O)CC(=O)OC1CC[C@]2(C)C3CCC4[C@@](C)(CC[C@H]5C(C)(C)[C@@H](OC)CC[C@]45C)CC3=CCC2C1(C)C. The predicted molar refractivity (Wildman–Crippen MR) is 403 cm³/mol. The van der Waals surface area contributed by atoms with Crippen molar-refractivity contribution in [2.75, 3.05) is 28.4 Å². The molecule has 8 fully saturated rings. The first kappa shape index (κ1) is 76.9. The zero-order valence-corrected chi connectivity index (χ0v) is 65.9. The molecule has 7 unspecified atom stereocenters. The van der Waals surface area contributed by atoms with Crippen molar-refractivity contribution in [1.82, 2.24) is 0 Å². The number of aliphatic hydroxyl groups excluding tert-OH is 2. The number of hydrogen-bond acceptors (Lipinski definition) is 14. The molecule has 0 bridgehead atoms. The third-order valence-electron chi connectivity index (χ3n) is 31.4. The predicted octanol–water partition coefficient (Wildman–Crippen LogP) is 19.5. The van der Waals surface area contributed by atoms with Crippen LogP contribution in [0.25, 0.3) is 12.2 Å². The fourth-order valence-electron chi connectivity index (χ4n) is 26.5. The number of hydrogen-bond donors (Lipinski definition) is 2. The summed E-state index contributed by atoms with van der Waals surface area (Å²) in [6, 6.07) is 9.78. The van der Waals surface area contributed by atoms with E-state index in [4.69, 9.17) is 37.9 Å². The van der Waals surface area contributed by atoms with Crippen molar-refractivity contribution < 1.29 is 67.3 Å². The molecule has 14 nitrogen and oxygen atoms in total. The maximum Gasteiger partial charge on any atom is 0.322 e. The lowest BCUT2D eigenvalue weighted by Gasteiger charge is -2.64. The van der Waals surface area contributed by atoms with Crippen molar-refractivity contribution in [2.45, 2.75) is 269 Å². The normalized spacial score (nSPS) is 38.6. The Labute approximate surface area is 616 Å². The van der Waals surface area contributed by atoms with Crippen LogP contribution in [0.1, 0.15) is 249 Å². The van der Waals surface area contributed by atoms with Crippen LogP contribution in [-0.2, 0) is 38.1 Å². The molecule has 2 aromatic carbocycles. The number of aliphatic hydroxyl groups is 2. The topological polar surface area (TPSA) is 183 Å². The molecule has 14 heteroatoms. The van der Waals surface area contributed by atoms with E-state index in [1.165, 1.54) is 109 Å². The van der Waals surface area contributed by atoms with Crippen molar-refractivity contribution in [3.8, 4) is 23.0 Å². The van der Waals surface area contributed by atoms with Crippen LogP contribution in [0.4, 0.5) is 0 Å². The highest BCUT2D eigenvalue weighted by molar-refractivity contribution is 5.93. The molecule has 103 heavy (non-hydrogen) atoms.